The molecule has 314 valence electrons. The smallest absolute Gasteiger partial charge is 0.104 e. The van der Waals surface area contributed by atoms with E-state index in [4.69, 9.17) is 28.8 Å². The summed E-state index contributed by atoms with van der Waals surface area (Å²) in [5, 5.41) is 17.1. The van der Waals surface area contributed by atoms with Crippen molar-refractivity contribution in [2.24, 2.45) is 0 Å². The quantitative estimate of drug-likeness (QED) is 0.0361. The molecule has 0 amide bonds. The lowest BCUT2D eigenvalue weighted by Gasteiger charge is -2.18. The predicted octanol–water partition coefficient (Wildman–Crippen LogP) is 12.8. The zero-order chi connectivity index (χ0) is 39.1. The number of benzene rings is 4. The number of rotatable bonds is 38. The van der Waals surface area contributed by atoms with Gasteiger partial charge >= 0.3 is 0 Å². The van der Waals surface area contributed by atoms with E-state index in [0.29, 0.717) is 46.2 Å². The first-order valence-electron chi connectivity index (χ1n) is 23.0. The van der Waals surface area contributed by atoms with Crippen molar-refractivity contribution in [3.8, 4) is 0 Å². The van der Waals surface area contributed by atoms with Gasteiger partial charge in [-0.15, -0.1) is 0 Å². The normalized spacial score (nSPS) is 12.5. The van der Waals surface area contributed by atoms with Crippen LogP contribution < -0.4 is 0 Å². The van der Waals surface area contributed by atoms with Crippen molar-refractivity contribution < 1.29 is 28.8 Å². The molecule has 6 nitrogen and oxygen atoms in total. The molecule has 0 unspecified atom stereocenters. The molecule has 0 bridgehead atoms. The highest BCUT2D eigenvalue weighted by Crippen LogP contribution is 2.36. The van der Waals surface area contributed by atoms with Crippen LogP contribution in [0.15, 0.2) is 54.6 Å². The van der Waals surface area contributed by atoms with Gasteiger partial charge in [0.15, 0.2) is 0 Å². The Morgan fingerprint density at radius 3 is 1.50 bits per heavy atom. The standard InChI is InChI=1S/C50H78O6/c1-2-3-4-5-6-7-8-9-10-11-12-15-18-21-34-54-41-47(42-55-40-39-53-38-37-52-36-33-51)56-35-22-19-16-13-14-17-20-24-43-27-28-46-30-29-44-25-23-26-45-31-32-48(43)50(46)49(44)45/h23,25-32,47,51H,2-22,24,33-42H2,1H3/t47-/m0/s1. The number of hydrogen-bond donors (Lipinski definition) is 1. The average Bonchev–Trinajstić information content (AvgIpc) is 3.22. The summed E-state index contributed by atoms with van der Waals surface area (Å²) in [6.07, 6.45) is 28.9. The van der Waals surface area contributed by atoms with E-state index < -0.39 is 0 Å². The lowest BCUT2D eigenvalue weighted by Crippen LogP contribution is -2.27. The SMILES string of the molecule is CCCCCCCCCCCCCCCCOC[C@@H](COCCOCCOCCO)OCCCCCCCCCc1ccc2ccc3cccc4ccc1c2c34. The maximum Gasteiger partial charge on any atom is 0.104 e. The fourth-order valence-corrected chi connectivity index (χ4v) is 8.04. The molecule has 1 N–H and O–H groups in total. The maximum atomic E-state index is 8.81. The van der Waals surface area contributed by atoms with E-state index in [9.17, 15) is 0 Å². The number of hydrogen-bond acceptors (Lipinski definition) is 6. The monoisotopic (exact) mass is 775 g/mol. The number of unbranched alkanes of at least 4 members (excludes halogenated alkanes) is 19. The Kier molecular flexibility index (Phi) is 25.4. The topological polar surface area (TPSA) is 66.4 Å². The summed E-state index contributed by atoms with van der Waals surface area (Å²) < 4.78 is 29.1. The van der Waals surface area contributed by atoms with Crippen LogP contribution in [0, 0.1) is 0 Å². The number of aliphatic hydroxyl groups is 1. The molecule has 0 spiro atoms. The Morgan fingerprint density at radius 1 is 0.429 bits per heavy atom. The van der Waals surface area contributed by atoms with Crippen molar-refractivity contribution in [2.75, 3.05) is 66.1 Å². The molecule has 0 aliphatic carbocycles. The van der Waals surface area contributed by atoms with Crippen LogP contribution >= 0.6 is 0 Å². The molecular formula is C50H78O6. The fraction of sp³-hybridized carbons (Fsp3) is 0.680. The molecule has 56 heavy (non-hydrogen) atoms. The van der Waals surface area contributed by atoms with E-state index in [-0.39, 0.29) is 12.7 Å². The van der Waals surface area contributed by atoms with Crippen molar-refractivity contribution >= 4 is 32.3 Å². The first-order valence-corrected chi connectivity index (χ1v) is 23.0. The van der Waals surface area contributed by atoms with Gasteiger partial charge in [0.05, 0.1) is 52.9 Å². The number of aryl methyl sites for hydroxylation is 1. The van der Waals surface area contributed by atoms with Crippen molar-refractivity contribution in [1.82, 2.24) is 0 Å². The van der Waals surface area contributed by atoms with E-state index in [1.165, 1.54) is 160 Å². The molecule has 4 aromatic carbocycles. The van der Waals surface area contributed by atoms with Crippen LogP contribution in [0.1, 0.15) is 147 Å². The van der Waals surface area contributed by atoms with Crippen LogP contribution in [0.4, 0.5) is 0 Å². The molecule has 0 aromatic heterocycles. The molecule has 1 atom stereocenters. The number of aliphatic hydroxyl groups excluding tert-OH is 1. The lowest BCUT2D eigenvalue weighted by atomic mass is 9.90. The van der Waals surface area contributed by atoms with Gasteiger partial charge in [-0.05, 0) is 63.6 Å². The Hall–Kier alpha value is -2.32. The van der Waals surface area contributed by atoms with E-state index in [0.717, 1.165) is 32.5 Å². The molecule has 4 rings (SSSR count). The molecule has 6 heteroatoms. The first kappa shape index (κ1) is 46.4. The lowest BCUT2D eigenvalue weighted by molar-refractivity contribution is -0.0698. The second kappa shape index (κ2) is 30.7. The zero-order valence-corrected chi connectivity index (χ0v) is 35.4. The van der Waals surface area contributed by atoms with Crippen LogP contribution in [0.25, 0.3) is 32.3 Å². The molecule has 0 aliphatic rings. The summed E-state index contributed by atoms with van der Waals surface area (Å²) in [6.45, 7) is 7.38. The summed E-state index contributed by atoms with van der Waals surface area (Å²) in [5.41, 5.74) is 1.49. The van der Waals surface area contributed by atoms with Gasteiger partial charge in [0.2, 0.25) is 0 Å². The van der Waals surface area contributed by atoms with Crippen molar-refractivity contribution in [3.63, 3.8) is 0 Å². The van der Waals surface area contributed by atoms with Gasteiger partial charge in [0, 0.05) is 13.2 Å². The van der Waals surface area contributed by atoms with Gasteiger partial charge in [0.25, 0.3) is 0 Å². The summed E-state index contributed by atoms with van der Waals surface area (Å²) in [7, 11) is 0. The Morgan fingerprint density at radius 2 is 0.893 bits per heavy atom. The summed E-state index contributed by atoms with van der Waals surface area (Å²) >= 11 is 0. The Labute approximate surface area is 340 Å². The molecule has 0 aliphatic heterocycles. The molecule has 0 radical (unpaired) electrons. The van der Waals surface area contributed by atoms with Gasteiger partial charge < -0.3 is 28.8 Å². The number of ether oxygens (including phenoxy) is 5. The third-order valence-electron chi connectivity index (χ3n) is 11.3. The van der Waals surface area contributed by atoms with Gasteiger partial charge in [-0.25, -0.2) is 0 Å². The second-order valence-corrected chi connectivity index (χ2v) is 16.0. The largest absolute Gasteiger partial charge is 0.394 e. The molecule has 0 saturated heterocycles. The highest BCUT2D eigenvalue weighted by Gasteiger charge is 2.12. The summed E-state index contributed by atoms with van der Waals surface area (Å²) in [6, 6.07) is 20.5. The molecule has 0 fully saturated rings. The Balaban J connectivity index is 1.02. The molecular weight excluding hydrogens is 697 g/mol. The maximum absolute atomic E-state index is 8.81. The van der Waals surface area contributed by atoms with Gasteiger partial charge in [0.1, 0.15) is 6.10 Å². The molecule has 0 saturated carbocycles. The first-order chi connectivity index (χ1) is 27.8. The van der Waals surface area contributed by atoms with Gasteiger partial charge in [-0.1, -0.05) is 177 Å². The summed E-state index contributed by atoms with van der Waals surface area (Å²) in [4.78, 5) is 0. The van der Waals surface area contributed by atoms with Crippen LogP contribution in [-0.4, -0.2) is 77.3 Å². The van der Waals surface area contributed by atoms with Crippen molar-refractivity contribution in [3.05, 3.63) is 60.2 Å². The summed E-state index contributed by atoms with van der Waals surface area (Å²) in [5.74, 6) is 0. The Bertz CT molecular complexity index is 1490. The van der Waals surface area contributed by atoms with E-state index in [2.05, 4.69) is 61.5 Å². The average molecular weight is 775 g/mol. The van der Waals surface area contributed by atoms with E-state index in [1.807, 2.05) is 0 Å². The molecule has 0 heterocycles. The minimum Gasteiger partial charge on any atom is -0.394 e. The van der Waals surface area contributed by atoms with Crippen LogP contribution in [0.3, 0.4) is 0 Å². The third-order valence-corrected chi connectivity index (χ3v) is 11.3. The van der Waals surface area contributed by atoms with Gasteiger partial charge in [-0.2, -0.15) is 0 Å². The van der Waals surface area contributed by atoms with Crippen LogP contribution in [-0.2, 0) is 30.1 Å². The van der Waals surface area contributed by atoms with Gasteiger partial charge in [-0.3, -0.25) is 0 Å². The minimum absolute atomic E-state index is 0.0387. The zero-order valence-electron chi connectivity index (χ0n) is 35.4. The van der Waals surface area contributed by atoms with Crippen LogP contribution in [0.5, 0.6) is 0 Å². The van der Waals surface area contributed by atoms with E-state index in [1.54, 1.807) is 0 Å². The van der Waals surface area contributed by atoms with Crippen molar-refractivity contribution in [1.29, 1.82) is 0 Å². The third kappa shape index (κ3) is 18.5. The van der Waals surface area contributed by atoms with Crippen molar-refractivity contribution in [2.45, 2.75) is 154 Å². The fourth-order valence-electron chi connectivity index (χ4n) is 8.04. The highest BCUT2D eigenvalue weighted by molar-refractivity contribution is 6.23. The van der Waals surface area contributed by atoms with Crippen LogP contribution in [0.2, 0.25) is 0 Å². The molecule has 4 aromatic rings. The van der Waals surface area contributed by atoms with E-state index >= 15 is 0 Å². The predicted molar refractivity (Wildman–Crippen MR) is 237 cm³/mol. The highest BCUT2D eigenvalue weighted by atomic mass is 16.6. The minimum atomic E-state index is -0.0470. The second-order valence-electron chi connectivity index (χ2n) is 16.0.